The summed E-state index contributed by atoms with van der Waals surface area (Å²) in [7, 11) is 1.59. The third-order valence-electron chi connectivity index (χ3n) is 2.04. The van der Waals surface area contributed by atoms with E-state index in [0.29, 0.717) is 17.2 Å². The molecule has 0 amide bonds. The minimum absolute atomic E-state index is 0.409. The molecule has 0 atom stereocenters. The van der Waals surface area contributed by atoms with Crippen LogP contribution in [0.5, 0.6) is 5.75 Å². The maximum atomic E-state index is 5.64. The maximum Gasteiger partial charge on any atom is 0.211 e. The summed E-state index contributed by atoms with van der Waals surface area (Å²) in [6, 6.07) is 3.76. The van der Waals surface area contributed by atoms with Gasteiger partial charge in [-0.15, -0.1) is 0 Å². The van der Waals surface area contributed by atoms with Gasteiger partial charge in [0.25, 0.3) is 0 Å². The SMILES string of the molecule is COc1ccc(C)c2c(N)noc12. The number of hydrogen-bond acceptors (Lipinski definition) is 4. The molecule has 0 unspecified atom stereocenters. The molecular weight excluding hydrogens is 168 g/mol. The van der Waals surface area contributed by atoms with E-state index >= 15 is 0 Å². The van der Waals surface area contributed by atoms with E-state index in [-0.39, 0.29) is 0 Å². The van der Waals surface area contributed by atoms with Gasteiger partial charge in [-0.2, -0.15) is 0 Å². The highest BCUT2D eigenvalue weighted by molar-refractivity contribution is 5.93. The van der Waals surface area contributed by atoms with Gasteiger partial charge in [0.05, 0.1) is 12.5 Å². The smallest absolute Gasteiger partial charge is 0.211 e. The van der Waals surface area contributed by atoms with E-state index < -0.39 is 0 Å². The number of aromatic nitrogens is 1. The molecule has 4 nitrogen and oxygen atoms in total. The van der Waals surface area contributed by atoms with Gasteiger partial charge in [-0.05, 0) is 18.6 Å². The fourth-order valence-corrected chi connectivity index (χ4v) is 1.37. The van der Waals surface area contributed by atoms with Crippen LogP contribution in [-0.4, -0.2) is 12.3 Å². The molecule has 0 aliphatic rings. The van der Waals surface area contributed by atoms with Crippen molar-refractivity contribution in [3.8, 4) is 5.75 Å². The number of nitrogens with zero attached hydrogens (tertiary/aromatic N) is 1. The van der Waals surface area contributed by atoms with Gasteiger partial charge in [0, 0.05) is 0 Å². The Hall–Kier alpha value is -1.71. The molecule has 4 heteroatoms. The number of ether oxygens (including phenoxy) is 1. The Balaban J connectivity index is 2.87. The summed E-state index contributed by atoms with van der Waals surface area (Å²) in [6.45, 7) is 1.95. The van der Waals surface area contributed by atoms with E-state index in [1.165, 1.54) is 0 Å². The van der Waals surface area contributed by atoms with E-state index in [1.807, 2.05) is 19.1 Å². The summed E-state index contributed by atoms with van der Waals surface area (Å²) in [5, 5.41) is 4.52. The van der Waals surface area contributed by atoms with Crippen LogP contribution in [0.3, 0.4) is 0 Å². The normalized spacial score (nSPS) is 10.6. The van der Waals surface area contributed by atoms with Crippen molar-refractivity contribution in [2.24, 2.45) is 0 Å². The molecule has 1 aromatic heterocycles. The van der Waals surface area contributed by atoms with Crippen LogP contribution in [0.25, 0.3) is 11.0 Å². The molecule has 68 valence electrons. The second-order valence-corrected chi connectivity index (χ2v) is 2.86. The van der Waals surface area contributed by atoms with Gasteiger partial charge in [-0.1, -0.05) is 11.2 Å². The summed E-state index contributed by atoms with van der Waals surface area (Å²) in [5.41, 5.74) is 7.29. The van der Waals surface area contributed by atoms with Gasteiger partial charge in [0.1, 0.15) is 0 Å². The largest absolute Gasteiger partial charge is 0.493 e. The van der Waals surface area contributed by atoms with Crippen LogP contribution in [-0.2, 0) is 0 Å². The average Bonchev–Trinajstić information content (AvgIpc) is 2.50. The quantitative estimate of drug-likeness (QED) is 0.722. The highest BCUT2D eigenvalue weighted by Gasteiger charge is 2.12. The number of rotatable bonds is 1. The average molecular weight is 178 g/mol. The number of nitrogen functional groups attached to an aromatic ring is 1. The number of benzene rings is 1. The first-order valence-corrected chi connectivity index (χ1v) is 3.92. The standard InChI is InChI=1S/C9H10N2O2/c1-5-3-4-6(12-2)8-7(5)9(10)11-13-8/h3-4H,1-2H3,(H2,10,11). The molecule has 0 saturated carbocycles. The first-order valence-electron chi connectivity index (χ1n) is 3.92. The molecule has 0 radical (unpaired) electrons. The van der Waals surface area contributed by atoms with Crippen LogP contribution in [0, 0.1) is 6.92 Å². The van der Waals surface area contributed by atoms with Gasteiger partial charge >= 0.3 is 0 Å². The molecule has 2 N–H and O–H groups in total. The lowest BCUT2D eigenvalue weighted by Gasteiger charge is -2.00. The molecule has 2 rings (SSSR count). The molecule has 0 saturated heterocycles. The minimum atomic E-state index is 0.409. The number of nitrogens with two attached hydrogens (primary N) is 1. The monoisotopic (exact) mass is 178 g/mol. The van der Waals surface area contributed by atoms with Crippen LogP contribution in [0.4, 0.5) is 5.82 Å². The summed E-state index contributed by atoms with van der Waals surface area (Å²) in [4.78, 5) is 0. The van der Waals surface area contributed by atoms with Gasteiger partial charge in [-0.25, -0.2) is 0 Å². The molecule has 0 fully saturated rings. The molecule has 0 aliphatic carbocycles. The van der Waals surface area contributed by atoms with E-state index in [1.54, 1.807) is 7.11 Å². The zero-order valence-corrected chi connectivity index (χ0v) is 7.50. The number of anilines is 1. The van der Waals surface area contributed by atoms with Gasteiger partial charge < -0.3 is 15.0 Å². The van der Waals surface area contributed by atoms with Crippen LogP contribution in [0.15, 0.2) is 16.7 Å². The number of hydrogen-bond donors (Lipinski definition) is 1. The van der Waals surface area contributed by atoms with Gasteiger partial charge in [0.2, 0.25) is 5.58 Å². The van der Waals surface area contributed by atoms with Crippen LogP contribution < -0.4 is 10.5 Å². The van der Waals surface area contributed by atoms with Crippen molar-refractivity contribution in [3.63, 3.8) is 0 Å². The highest BCUT2D eigenvalue weighted by atomic mass is 16.5. The Morgan fingerprint density at radius 3 is 2.92 bits per heavy atom. The van der Waals surface area contributed by atoms with Crippen LogP contribution in [0.1, 0.15) is 5.56 Å². The molecule has 0 bridgehead atoms. The Morgan fingerprint density at radius 1 is 1.46 bits per heavy atom. The van der Waals surface area contributed by atoms with Crippen molar-refractivity contribution in [1.82, 2.24) is 5.16 Å². The lowest BCUT2D eigenvalue weighted by atomic mass is 10.1. The summed E-state index contributed by atoms with van der Waals surface area (Å²) >= 11 is 0. The Morgan fingerprint density at radius 2 is 2.23 bits per heavy atom. The Labute approximate surface area is 75.3 Å². The first-order chi connectivity index (χ1) is 6.24. The van der Waals surface area contributed by atoms with Crippen molar-refractivity contribution in [2.45, 2.75) is 6.92 Å². The number of fused-ring (bicyclic) bond motifs is 1. The Kier molecular flexibility index (Phi) is 1.62. The van der Waals surface area contributed by atoms with Crippen LogP contribution >= 0.6 is 0 Å². The predicted molar refractivity (Wildman–Crippen MR) is 49.7 cm³/mol. The lowest BCUT2D eigenvalue weighted by Crippen LogP contribution is -1.87. The number of methoxy groups -OCH3 is 1. The fraction of sp³-hybridized carbons (Fsp3) is 0.222. The van der Waals surface area contributed by atoms with Crippen molar-refractivity contribution in [3.05, 3.63) is 17.7 Å². The molecule has 1 heterocycles. The van der Waals surface area contributed by atoms with E-state index in [9.17, 15) is 0 Å². The summed E-state index contributed by atoms with van der Waals surface area (Å²) < 4.78 is 10.2. The van der Waals surface area contributed by atoms with Gasteiger partial charge in [0.15, 0.2) is 11.6 Å². The molecule has 0 spiro atoms. The fourth-order valence-electron chi connectivity index (χ4n) is 1.37. The molecule has 2 aromatic rings. The van der Waals surface area contributed by atoms with Crippen molar-refractivity contribution in [2.75, 3.05) is 12.8 Å². The summed E-state index contributed by atoms with van der Waals surface area (Å²) in [5.74, 6) is 1.07. The highest BCUT2D eigenvalue weighted by Crippen LogP contribution is 2.31. The predicted octanol–water partition coefficient (Wildman–Crippen LogP) is 1.73. The molecule has 13 heavy (non-hydrogen) atoms. The second kappa shape index (κ2) is 2.65. The third-order valence-corrected chi connectivity index (χ3v) is 2.04. The van der Waals surface area contributed by atoms with Crippen LogP contribution in [0.2, 0.25) is 0 Å². The van der Waals surface area contributed by atoms with Gasteiger partial charge in [-0.3, -0.25) is 0 Å². The zero-order valence-electron chi connectivity index (χ0n) is 7.50. The van der Waals surface area contributed by atoms with E-state index in [4.69, 9.17) is 15.0 Å². The zero-order chi connectivity index (χ0) is 9.42. The van der Waals surface area contributed by atoms with Crippen molar-refractivity contribution < 1.29 is 9.26 Å². The Bertz CT molecular complexity index is 448. The molecular formula is C9H10N2O2. The topological polar surface area (TPSA) is 61.3 Å². The second-order valence-electron chi connectivity index (χ2n) is 2.86. The first kappa shape index (κ1) is 7.91. The third kappa shape index (κ3) is 1.02. The summed E-state index contributed by atoms with van der Waals surface area (Å²) in [6.07, 6.45) is 0. The number of aryl methyl sites for hydroxylation is 1. The van der Waals surface area contributed by atoms with E-state index in [2.05, 4.69) is 5.16 Å². The lowest BCUT2D eigenvalue weighted by molar-refractivity contribution is 0.394. The van der Waals surface area contributed by atoms with E-state index in [0.717, 1.165) is 10.9 Å². The van der Waals surface area contributed by atoms with Crippen molar-refractivity contribution >= 4 is 16.8 Å². The maximum absolute atomic E-state index is 5.64. The minimum Gasteiger partial charge on any atom is -0.493 e. The molecule has 1 aromatic carbocycles. The van der Waals surface area contributed by atoms with Crippen molar-refractivity contribution in [1.29, 1.82) is 0 Å². The molecule has 0 aliphatic heterocycles.